The number of anilines is 1. The molecule has 0 bridgehead atoms. The second-order valence-corrected chi connectivity index (χ2v) is 7.24. The number of sulfonamides is 1. The summed E-state index contributed by atoms with van der Waals surface area (Å²) < 4.78 is 25.1. The normalized spacial score (nSPS) is 11.4. The van der Waals surface area contributed by atoms with Crippen LogP contribution >= 0.6 is 34.8 Å². The van der Waals surface area contributed by atoms with E-state index >= 15 is 0 Å². The molecule has 0 heterocycles. The molecule has 0 unspecified atom stereocenters. The first-order valence-corrected chi connectivity index (χ1v) is 8.30. The van der Waals surface area contributed by atoms with Crippen LogP contribution in [0.25, 0.3) is 0 Å². The summed E-state index contributed by atoms with van der Waals surface area (Å²) in [4.78, 5) is 10.7. The van der Waals surface area contributed by atoms with Crippen molar-refractivity contribution in [2.45, 2.75) is 13.3 Å². The van der Waals surface area contributed by atoms with Gasteiger partial charge in [-0.1, -0.05) is 34.8 Å². The highest BCUT2D eigenvalue weighted by Crippen LogP contribution is 2.35. The summed E-state index contributed by atoms with van der Waals surface area (Å²) in [5, 5.41) is 9.12. The molecule has 0 saturated carbocycles. The molecule has 20 heavy (non-hydrogen) atoms. The van der Waals surface area contributed by atoms with Crippen molar-refractivity contribution in [3.05, 3.63) is 27.2 Å². The van der Waals surface area contributed by atoms with Gasteiger partial charge in [0.2, 0.25) is 10.0 Å². The smallest absolute Gasteiger partial charge is 0.305 e. The summed E-state index contributed by atoms with van der Waals surface area (Å²) in [5.41, 5.74) is 0.115. The molecule has 1 rings (SSSR count). The van der Waals surface area contributed by atoms with E-state index in [-0.39, 0.29) is 39.5 Å². The molecule has 0 fully saturated rings. The van der Waals surface area contributed by atoms with Crippen LogP contribution in [0.2, 0.25) is 15.1 Å². The van der Waals surface area contributed by atoms with Gasteiger partial charge in [-0.2, -0.15) is 0 Å². The van der Waals surface area contributed by atoms with E-state index in [0.717, 1.165) is 4.31 Å². The van der Waals surface area contributed by atoms with Crippen LogP contribution in [-0.4, -0.2) is 31.8 Å². The molecule has 0 aromatic heterocycles. The van der Waals surface area contributed by atoms with E-state index in [1.807, 2.05) is 0 Å². The van der Waals surface area contributed by atoms with Crippen molar-refractivity contribution in [1.82, 2.24) is 0 Å². The first-order chi connectivity index (χ1) is 9.19. The zero-order valence-electron chi connectivity index (χ0n) is 10.4. The lowest BCUT2D eigenvalue weighted by Crippen LogP contribution is -2.34. The van der Waals surface area contributed by atoms with E-state index in [9.17, 15) is 13.2 Å². The molecule has 0 saturated heterocycles. The number of benzene rings is 1. The Morgan fingerprint density at radius 2 is 1.75 bits per heavy atom. The highest BCUT2D eigenvalue weighted by molar-refractivity contribution is 7.92. The quantitative estimate of drug-likeness (QED) is 0.790. The molecule has 0 spiro atoms. The van der Waals surface area contributed by atoms with Gasteiger partial charge in [0.15, 0.2) is 0 Å². The number of halogens is 3. The largest absolute Gasteiger partial charge is 0.481 e. The zero-order valence-corrected chi connectivity index (χ0v) is 13.5. The Bertz CT molecular complexity index is 618. The molecule has 0 aliphatic heterocycles. The predicted molar refractivity (Wildman–Crippen MR) is 80.5 cm³/mol. The number of hydrogen-bond acceptors (Lipinski definition) is 3. The minimum absolute atomic E-state index is 0.0850. The van der Waals surface area contributed by atoms with Crippen LogP contribution in [0.5, 0.6) is 0 Å². The maximum Gasteiger partial charge on any atom is 0.305 e. The first-order valence-electron chi connectivity index (χ1n) is 5.55. The molecule has 0 atom stereocenters. The summed E-state index contributed by atoms with van der Waals surface area (Å²) in [6.07, 6.45) is -0.351. The van der Waals surface area contributed by atoms with E-state index in [2.05, 4.69) is 0 Å². The van der Waals surface area contributed by atoms with Gasteiger partial charge in [-0.15, -0.1) is 0 Å². The third kappa shape index (κ3) is 4.15. The Balaban J connectivity index is 3.30. The van der Waals surface area contributed by atoms with Gasteiger partial charge in [0.25, 0.3) is 0 Å². The van der Waals surface area contributed by atoms with Gasteiger partial charge in [0, 0.05) is 6.54 Å². The SMILES string of the molecule is CCS(=O)(=O)N(CCC(=O)O)c1cc(Cl)c(Cl)cc1Cl. The number of carboxylic acid groups (broad SMARTS) is 1. The molecular weight excluding hydrogens is 349 g/mol. The van der Waals surface area contributed by atoms with Crippen molar-refractivity contribution in [2.75, 3.05) is 16.6 Å². The molecule has 0 amide bonds. The van der Waals surface area contributed by atoms with Crippen LogP contribution in [-0.2, 0) is 14.8 Å². The Kier molecular flexibility index (Phi) is 5.94. The fraction of sp³-hybridized carbons (Fsp3) is 0.364. The van der Waals surface area contributed by atoms with Crippen LogP contribution in [0.4, 0.5) is 5.69 Å². The predicted octanol–water partition coefficient (Wildman–Crippen LogP) is 3.28. The molecule has 9 heteroatoms. The van der Waals surface area contributed by atoms with Gasteiger partial charge in [-0.3, -0.25) is 9.10 Å². The van der Waals surface area contributed by atoms with Crippen LogP contribution in [0.15, 0.2) is 12.1 Å². The summed E-state index contributed by atoms with van der Waals surface area (Å²) in [6.45, 7) is 1.22. The van der Waals surface area contributed by atoms with Crippen molar-refractivity contribution < 1.29 is 18.3 Å². The van der Waals surface area contributed by atoms with Crippen molar-refractivity contribution >= 4 is 56.5 Å². The monoisotopic (exact) mass is 359 g/mol. The van der Waals surface area contributed by atoms with Gasteiger partial charge in [-0.25, -0.2) is 8.42 Å². The average Bonchev–Trinajstić information content (AvgIpc) is 2.35. The fourth-order valence-electron chi connectivity index (χ4n) is 1.47. The second-order valence-electron chi connectivity index (χ2n) is 3.83. The summed E-state index contributed by atoms with van der Waals surface area (Å²) in [6, 6.07) is 2.63. The van der Waals surface area contributed by atoms with Crippen molar-refractivity contribution in [1.29, 1.82) is 0 Å². The molecule has 0 aliphatic carbocycles. The van der Waals surface area contributed by atoms with Gasteiger partial charge < -0.3 is 5.11 Å². The zero-order chi connectivity index (χ0) is 15.5. The minimum atomic E-state index is -3.68. The van der Waals surface area contributed by atoms with Crippen molar-refractivity contribution in [3.63, 3.8) is 0 Å². The number of carboxylic acids is 1. The minimum Gasteiger partial charge on any atom is -0.481 e. The molecule has 0 aliphatic rings. The fourth-order valence-corrected chi connectivity index (χ4v) is 3.29. The Hall–Kier alpha value is -0.690. The number of nitrogens with zero attached hydrogens (tertiary/aromatic N) is 1. The summed E-state index contributed by atoms with van der Waals surface area (Å²) >= 11 is 17.6. The van der Waals surface area contributed by atoms with Gasteiger partial charge in [-0.05, 0) is 19.1 Å². The molecule has 112 valence electrons. The topological polar surface area (TPSA) is 74.7 Å². The lowest BCUT2D eigenvalue weighted by molar-refractivity contribution is -0.136. The molecule has 1 aromatic rings. The van der Waals surface area contributed by atoms with Gasteiger partial charge in [0.05, 0.1) is 32.9 Å². The lowest BCUT2D eigenvalue weighted by Gasteiger charge is -2.24. The third-order valence-electron chi connectivity index (χ3n) is 2.49. The molecule has 1 N–H and O–H groups in total. The highest BCUT2D eigenvalue weighted by Gasteiger charge is 2.24. The van der Waals surface area contributed by atoms with Gasteiger partial charge in [0.1, 0.15) is 0 Å². The van der Waals surface area contributed by atoms with E-state index in [1.54, 1.807) is 0 Å². The summed E-state index contributed by atoms with van der Waals surface area (Å²) in [5.74, 6) is -1.30. The van der Waals surface area contributed by atoms with Crippen LogP contribution < -0.4 is 4.31 Å². The van der Waals surface area contributed by atoms with Crippen LogP contribution in [0.3, 0.4) is 0 Å². The van der Waals surface area contributed by atoms with Crippen LogP contribution in [0.1, 0.15) is 13.3 Å². The van der Waals surface area contributed by atoms with E-state index < -0.39 is 16.0 Å². The Morgan fingerprint density at radius 3 is 2.25 bits per heavy atom. The lowest BCUT2D eigenvalue weighted by atomic mass is 10.3. The molecular formula is C11H12Cl3NO4S. The maximum atomic E-state index is 12.1. The van der Waals surface area contributed by atoms with Crippen molar-refractivity contribution in [3.8, 4) is 0 Å². The number of rotatable bonds is 6. The maximum absolute atomic E-state index is 12.1. The first kappa shape index (κ1) is 17.4. The molecule has 1 aromatic carbocycles. The number of hydrogen-bond donors (Lipinski definition) is 1. The highest BCUT2D eigenvalue weighted by atomic mass is 35.5. The number of aliphatic carboxylic acids is 1. The summed E-state index contributed by atoms with van der Waals surface area (Å²) in [7, 11) is -3.68. The second kappa shape index (κ2) is 6.85. The molecule has 0 radical (unpaired) electrons. The van der Waals surface area contributed by atoms with E-state index in [1.165, 1.54) is 19.1 Å². The van der Waals surface area contributed by atoms with Crippen LogP contribution in [0, 0.1) is 0 Å². The standard InChI is InChI=1S/C11H12Cl3NO4S/c1-2-20(18,19)15(4-3-11(16)17)10-6-8(13)7(12)5-9(10)14/h5-6H,2-4H2,1H3,(H,16,17). The Morgan fingerprint density at radius 1 is 1.20 bits per heavy atom. The van der Waals surface area contributed by atoms with Crippen molar-refractivity contribution in [2.24, 2.45) is 0 Å². The average molecular weight is 361 g/mol. The third-order valence-corrected chi connectivity index (χ3v) is 5.29. The Labute approximate surface area is 132 Å². The van der Waals surface area contributed by atoms with E-state index in [0.29, 0.717) is 0 Å². The van der Waals surface area contributed by atoms with E-state index in [4.69, 9.17) is 39.9 Å². The molecule has 5 nitrogen and oxygen atoms in total. The van der Waals surface area contributed by atoms with Gasteiger partial charge >= 0.3 is 5.97 Å². The number of carbonyl (C=O) groups is 1.